The van der Waals surface area contributed by atoms with Crippen LogP contribution in [0.4, 0.5) is 0 Å². The molecule has 2 heteroatoms. The molecule has 0 amide bonds. The molecule has 16 aromatic carbocycles. The second-order valence-corrected chi connectivity index (χ2v) is 22.7. The zero-order chi connectivity index (χ0) is 54.6. The summed E-state index contributed by atoms with van der Waals surface area (Å²) in [4.78, 5) is 0. The van der Waals surface area contributed by atoms with Crippen LogP contribution >= 0.6 is 0 Å². The van der Waals surface area contributed by atoms with Crippen molar-refractivity contribution in [2.75, 3.05) is 0 Å². The fourth-order valence-corrected chi connectivity index (χ4v) is 13.2. The van der Waals surface area contributed by atoms with Crippen LogP contribution in [0.25, 0.3) is 152 Å². The van der Waals surface area contributed by atoms with Crippen LogP contribution < -0.4 is 0 Å². The van der Waals surface area contributed by atoms with Gasteiger partial charge in [-0.05, 0) is 146 Å². The number of aryl methyl sites for hydroxylation is 2. The third-order valence-electron chi connectivity index (χ3n) is 16.9. The monoisotopic (exact) mass is 1140 g/mol. The molecule has 16 aromatic rings. The van der Waals surface area contributed by atoms with Crippen LogP contribution in [0.2, 0.25) is 13.1 Å². The number of rotatable bonds is 6. The maximum atomic E-state index is 2.43. The van der Waals surface area contributed by atoms with Crippen LogP contribution in [-0.2, 0) is 39.0 Å². The van der Waals surface area contributed by atoms with Gasteiger partial charge >= 0.3 is 26.2 Å². The Morgan fingerprint density at radius 3 is 0.671 bits per heavy atom. The smallest absolute Gasteiger partial charge is 0.164 e. The predicted octanol–water partition coefficient (Wildman–Crippen LogP) is 22.9. The third kappa shape index (κ3) is 9.10. The van der Waals surface area contributed by atoms with Gasteiger partial charge in [0.15, 0.2) is 0 Å². The van der Waals surface area contributed by atoms with Crippen molar-refractivity contribution in [1.29, 1.82) is 0 Å². The molecule has 16 rings (SSSR count). The minimum absolute atomic E-state index is 0. The van der Waals surface area contributed by atoms with Crippen molar-refractivity contribution >= 4 is 117 Å². The maximum Gasteiger partial charge on any atom is 2.00 e. The van der Waals surface area contributed by atoms with Gasteiger partial charge in [0.2, 0.25) is 0 Å². The van der Waals surface area contributed by atoms with E-state index in [-0.39, 0.29) is 26.2 Å². The molecule has 0 aliphatic carbocycles. The van der Waals surface area contributed by atoms with E-state index >= 15 is 0 Å². The zero-order valence-corrected chi connectivity index (χ0v) is 50.3. The second-order valence-electron chi connectivity index (χ2n) is 21.7. The van der Waals surface area contributed by atoms with Crippen LogP contribution in [0.5, 0.6) is 0 Å². The fourth-order valence-electron chi connectivity index (χ4n) is 13.2. The number of fused-ring (bicyclic) bond motifs is 10. The quantitative estimate of drug-likeness (QED) is 0.0884. The topological polar surface area (TPSA) is 0 Å². The Labute approximate surface area is 502 Å². The largest absolute Gasteiger partial charge is 2.00 e. The minimum Gasteiger partial charge on any atom is -0.164 e. The van der Waals surface area contributed by atoms with Gasteiger partial charge in [-0.2, -0.15) is 12.1 Å². The van der Waals surface area contributed by atoms with Gasteiger partial charge in [0.1, 0.15) is 0 Å². The maximum absolute atomic E-state index is 2.43. The average molecular weight is 1140 g/mol. The molecular weight excluding hydrogens is 1080 g/mol. The molecule has 0 spiro atoms. The van der Waals surface area contributed by atoms with Gasteiger partial charge in [-0.1, -0.05) is 268 Å². The first kappa shape index (κ1) is 52.8. The van der Waals surface area contributed by atoms with Gasteiger partial charge in [-0.25, -0.2) is 0 Å². The Balaban J connectivity index is 0.000000145. The van der Waals surface area contributed by atoms with Crippen molar-refractivity contribution in [3.05, 3.63) is 278 Å². The molecule has 0 N–H and O–H groups in total. The molecule has 2 radical (unpaired) electrons. The van der Waals surface area contributed by atoms with Gasteiger partial charge in [0, 0.05) is 9.52 Å². The molecule has 0 aromatic heterocycles. The first-order valence-corrected chi connectivity index (χ1v) is 30.7. The summed E-state index contributed by atoms with van der Waals surface area (Å²) in [6.45, 7) is 8.82. The molecule has 0 aliphatic rings. The summed E-state index contributed by atoms with van der Waals surface area (Å²) in [5.41, 5.74) is 13.3. The molecule has 0 nitrogen and oxygen atoms in total. The Bertz CT molecular complexity index is 4240. The molecule has 0 fully saturated rings. The molecule has 0 heterocycles. The van der Waals surface area contributed by atoms with E-state index in [1.807, 2.05) is 0 Å². The van der Waals surface area contributed by atoms with E-state index in [9.17, 15) is 0 Å². The van der Waals surface area contributed by atoms with Crippen molar-refractivity contribution < 1.29 is 26.2 Å². The van der Waals surface area contributed by atoms with Gasteiger partial charge in [-0.15, -0.1) is 44.8 Å². The van der Waals surface area contributed by atoms with Crippen molar-refractivity contribution in [3.8, 4) is 44.5 Å². The van der Waals surface area contributed by atoms with E-state index < -0.39 is 0 Å². The van der Waals surface area contributed by atoms with Crippen molar-refractivity contribution in [1.82, 2.24) is 0 Å². The summed E-state index contributed by atoms with van der Waals surface area (Å²) < 4.78 is 0. The Kier molecular flexibility index (Phi) is 14.5. The number of hydrogen-bond donors (Lipinski definition) is 0. The van der Waals surface area contributed by atoms with Gasteiger partial charge < -0.3 is 0 Å². The molecule has 82 heavy (non-hydrogen) atoms. The third-order valence-corrected chi connectivity index (χ3v) is 16.9. The molecule has 388 valence electrons. The van der Waals surface area contributed by atoms with Gasteiger partial charge in [0.05, 0.1) is 0 Å². The normalized spacial score (nSPS) is 11.5. The van der Waals surface area contributed by atoms with Crippen molar-refractivity contribution in [2.24, 2.45) is 0 Å². The molecule has 0 atom stereocenters. The predicted molar refractivity (Wildman–Crippen MR) is 357 cm³/mol. The molecule has 0 aliphatic heterocycles. The van der Waals surface area contributed by atoms with Gasteiger partial charge in [-0.3, -0.25) is 0 Å². The Morgan fingerprint density at radius 1 is 0.256 bits per heavy atom. The van der Waals surface area contributed by atoms with Crippen LogP contribution in [0.3, 0.4) is 0 Å². The Morgan fingerprint density at radius 2 is 0.451 bits per heavy atom. The van der Waals surface area contributed by atoms with Crippen molar-refractivity contribution in [3.63, 3.8) is 0 Å². The van der Waals surface area contributed by atoms with Crippen LogP contribution in [0, 0.1) is 0 Å². The van der Waals surface area contributed by atoms with E-state index in [1.165, 1.54) is 163 Å². The summed E-state index contributed by atoms with van der Waals surface area (Å²) in [5.74, 6) is 0. The molecule has 0 saturated heterocycles. The number of hydrogen-bond acceptors (Lipinski definition) is 0. The molecular formula is C80H60SiZr. The van der Waals surface area contributed by atoms with Crippen molar-refractivity contribution in [2.45, 2.75) is 39.8 Å². The Hall–Kier alpha value is -8.52. The standard InChI is InChI=1S/2C39H27.C2H6Si.Zr/c2*1-2-25-21-36-34(38-30-15-7-3-11-26(30)23-27-12-4-8-16-31(27)38)19-20-35(37(36)22-25)39-32-17-9-5-13-28(32)24-29-14-6-10-18-33(29)39;1-3-2;/h2*3-24H,2H2,1H3;1-2H3;/q2*-1;;+2. The summed E-state index contributed by atoms with van der Waals surface area (Å²) in [6.07, 6.45) is 2.03. The van der Waals surface area contributed by atoms with E-state index in [0.29, 0.717) is 0 Å². The van der Waals surface area contributed by atoms with E-state index in [1.54, 1.807) is 0 Å². The van der Waals surface area contributed by atoms with Crippen LogP contribution in [0.1, 0.15) is 25.0 Å². The van der Waals surface area contributed by atoms with E-state index in [0.717, 1.165) is 22.4 Å². The van der Waals surface area contributed by atoms with E-state index in [2.05, 4.69) is 294 Å². The molecule has 0 bridgehead atoms. The van der Waals surface area contributed by atoms with E-state index in [4.69, 9.17) is 0 Å². The molecule has 0 unspecified atom stereocenters. The average Bonchev–Trinajstić information content (AvgIpc) is 4.05. The summed E-state index contributed by atoms with van der Waals surface area (Å²) >= 11 is 0. The SMILES string of the molecule is CCc1cc2c(-c3c4ccccc4cc4ccccc34)ccc(-c3c4ccccc4cc4ccccc34)c2[cH-]1.CCc1cc2c(-c3c4ccccc4cc4ccccc34)ccc(-c3c4ccccc4cc4ccccc34)c2[cH-]1.C[Si]C.[Zr+2]. The second kappa shape index (κ2) is 22.4. The first-order valence-electron chi connectivity index (χ1n) is 28.7. The van der Waals surface area contributed by atoms with Crippen LogP contribution in [-0.4, -0.2) is 9.52 Å². The van der Waals surface area contributed by atoms with Crippen LogP contribution in [0.15, 0.2) is 267 Å². The summed E-state index contributed by atoms with van der Waals surface area (Å²) in [6, 6.07) is 99.1. The molecule has 0 saturated carbocycles. The van der Waals surface area contributed by atoms with Gasteiger partial charge in [0.25, 0.3) is 0 Å². The summed E-state index contributed by atoms with van der Waals surface area (Å²) in [5, 5.41) is 26.1. The summed E-state index contributed by atoms with van der Waals surface area (Å²) in [7, 11) is 1.08. The fraction of sp³-hybridized carbons (Fsp3) is 0.0750. The first-order chi connectivity index (χ1) is 40.0. The minimum atomic E-state index is 0. The zero-order valence-electron chi connectivity index (χ0n) is 46.8. The number of benzene rings is 14.